The predicted molar refractivity (Wildman–Crippen MR) is 130 cm³/mol. The van der Waals surface area contributed by atoms with E-state index in [1.807, 2.05) is 40.6 Å². The van der Waals surface area contributed by atoms with Crippen molar-refractivity contribution < 1.29 is 4.79 Å². The van der Waals surface area contributed by atoms with E-state index in [9.17, 15) is 4.79 Å². The Labute approximate surface area is 194 Å². The number of anilines is 1. The van der Waals surface area contributed by atoms with Gasteiger partial charge in [0.25, 0.3) is 5.91 Å². The molecule has 31 heavy (non-hydrogen) atoms. The number of amides is 1. The number of benzene rings is 2. The highest BCUT2D eigenvalue weighted by Crippen LogP contribution is 2.39. The van der Waals surface area contributed by atoms with Gasteiger partial charge in [-0.1, -0.05) is 66.7 Å². The molecule has 1 aromatic heterocycles. The second-order valence-electron chi connectivity index (χ2n) is 7.42. The lowest BCUT2D eigenvalue weighted by Crippen LogP contribution is -2.57. The quantitative estimate of drug-likeness (QED) is 0.535. The van der Waals surface area contributed by atoms with Crippen LogP contribution in [0.1, 0.15) is 33.3 Å². The molecule has 5 nitrogen and oxygen atoms in total. The molecule has 1 atom stereocenters. The van der Waals surface area contributed by atoms with Crippen molar-refractivity contribution in [3.63, 3.8) is 0 Å². The number of aryl methyl sites for hydroxylation is 1. The van der Waals surface area contributed by atoms with Crippen molar-refractivity contribution in [2.75, 3.05) is 4.90 Å². The monoisotopic (exact) mass is 468 g/mol. The summed E-state index contributed by atoms with van der Waals surface area (Å²) < 4.78 is 0. The van der Waals surface area contributed by atoms with E-state index in [4.69, 9.17) is 11.6 Å². The molecule has 1 amide bonds. The number of hydrogen-bond donors (Lipinski definition) is 1. The number of hydrazone groups is 1. The molecule has 158 valence electrons. The molecule has 3 heterocycles. The summed E-state index contributed by atoms with van der Waals surface area (Å²) in [5.41, 5.74) is 7.68. The Morgan fingerprint density at radius 1 is 1.06 bits per heavy atom. The average molecular weight is 469 g/mol. The summed E-state index contributed by atoms with van der Waals surface area (Å²) in [6, 6.07) is 18.3. The number of rotatable bonds is 5. The summed E-state index contributed by atoms with van der Waals surface area (Å²) in [5.74, 6) is 0.810. The van der Waals surface area contributed by atoms with Crippen molar-refractivity contribution in [3.8, 4) is 0 Å². The number of thioether (sulfide) groups is 1. The lowest BCUT2D eigenvalue weighted by molar-refractivity contribution is 0.0629. The van der Waals surface area contributed by atoms with Crippen LogP contribution in [0.3, 0.4) is 0 Å². The minimum Gasteiger partial charge on any atom is -0.294 e. The van der Waals surface area contributed by atoms with Crippen molar-refractivity contribution >= 4 is 51.5 Å². The molecule has 1 N–H and O–H groups in total. The normalized spacial score (nSPS) is 17.3. The molecular weight excluding hydrogens is 448 g/mol. The lowest BCUT2D eigenvalue weighted by Gasteiger charge is -2.39. The van der Waals surface area contributed by atoms with Gasteiger partial charge in [0.2, 0.25) is 6.29 Å². The number of halogens is 1. The molecule has 2 aliphatic rings. The van der Waals surface area contributed by atoms with E-state index in [0.29, 0.717) is 6.54 Å². The first-order valence-corrected chi connectivity index (χ1v) is 12.3. The van der Waals surface area contributed by atoms with Crippen LogP contribution >= 0.6 is 34.7 Å². The fraction of sp³-hybridized carbons (Fsp3) is 0.217. The fourth-order valence-corrected chi connectivity index (χ4v) is 5.64. The minimum atomic E-state index is -0.326. The van der Waals surface area contributed by atoms with Crippen LogP contribution in [0.4, 0.5) is 5.69 Å². The first-order chi connectivity index (χ1) is 15.1. The maximum atomic E-state index is 13.3. The third kappa shape index (κ3) is 3.93. The highest BCUT2D eigenvalue weighted by Gasteiger charge is 2.43. The molecule has 2 aliphatic heterocycles. The van der Waals surface area contributed by atoms with Crippen LogP contribution in [0.15, 0.2) is 65.1 Å². The molecule has 0 fully saturated rings. The topological polar surface area (TPSA) is 47.9 Å². The summed E-state index contributed by atoms with van der Waals surface area (Å²) in [7, 11) is 0. The largest absolute Gasteiger partial charge is 0.294 e. The zero-order chi connectivity index (χ0) is 21.4. The maximum Gasteiger partial charge on any atom is 0.269 e. The Kier molecular flexibility index (Phi) is 5.65. The second kappa shape index (κ2) is 8.57. The summed E-state index contributed by atoms with van der Waals surface area (Å²) in [6.07, 6.45) is 0.676. The number of nitrogens with one attached hydrogen (secondary N) is 1. The summed E-state index contributed by atoms with van der Waals surface area (Å²) in [4.78, 5) is 18.0. The second-order valence-corrected chi connectivity index (χ2v) is 9.72. The van der Waals surface area contributed by atoms with Gasteiger partial charge in [-0.2, -0.15) is 5.10 Å². The molecule has 5 rings (SSSR count). The number of hydrogen-bond acceptors (Lipinski definition) is 6. The average Bonchev–Trinajstić information content (AvgIpc) is 3.44. The van der Waals surface area contributed by atoms with Gasteiger partial charge in [0, 0.05) is 17.3 Å². The molecule has 1 unspecified atom stereocenters. The molecule has 0 aliphatic carbocycles. The van der Waals surface area contributed by atoms with Crippen LogP contribution in [-0.2, 0) is 18.7 Å². The van der Waals surface area contributed by atoms with Gasteiger partial charge in [0.1, 0.15) is 4.88 Å². The first-order valence-electron chi connectivity index (χ1n) is 10.1. The summed E-state index contributed by atoms with van der Waals surface area (Å²) >= 11 is 9.13. The van der Waals surface area contributed by atoms with Gasteiger partial charge in [-0.05, 0) is 46.7 Å². The molecule has 0 saturated heterocycles. The van der Waals surface area contributed by atoms with E-state index in [1.54, 1.807) is 11.8 Å². The van der Waals surface area contributed by atoms with Crippen LogP contribution in [-0.4, -0.2) is 22.3 Å². The predicted octanol–water partition coefficient (Wildman–Crippen LogP) is 5.52. The van der Waals surface area contributed by atoms with E-state index in [-0.39, 0.29) is 12.2 Å². The zero-order valence-electron chi connectivity index (χ0n) is 16.9. The van der Waals surface area contributed by atoms with Gasteiger partial charge >= 0.3 is 0 Å². The van der Waals surface area contributed by atoms with E-state index >= 15 is 0 Å². The van der Waals surface area contributed by atoms with Gasteiger partial charge in [0.15, 0.2) is 5.17 Å². The van der Waals surface area contributed by atoms with E-state index < -0.39 is 0 Å². The standard InChI is InChI=1S/C23H21ClN4OS2/c1-2-15-3-5-16(6-4-15)13-27-21(29)20-19(11-12-30-20)28-22(27)25-26-23(28)31-14-17-7-9-18(24)10-8-17/h3-12,22,25H,2,13-14H2,1H3. The van der Waals surface area contributed by atoms with Crippen molar-refractivity contribution in [1.82, 2.24) is 10.3 Å². The van der Waals surface area contributed by atoms with Crippen LogP contribution in [0.5, 0.6) is 0 Å². The minimum absolute atomic E-state index is 0.0393. The van der Waals surface area contributed by atoms with E-state index in [2.05, 4.69) is 46.6 Å². The Morgan fingerprint density at radius 3 is 2.52 bits per heavy atom. The number of thiophene rings is 1. The summed E-state index contributed by atoms with van der Waals surface area (Å²) in [5, 5.41) is 8.15. The van der Waals surface area contributed by atoms with Crippen molar-refractivity contribution in [1.29, 1.82) is 0 Å². The van der Waals surface area contributed by atoms with Gasteiger partial charge in [0.05, 0.1) is 5.69 Å². The molecule has 0 saturated carbocycles. The number of amidine groups is 1. The fourth-order valence-electron chi connectivity index (χ4n) is 3.73. The SMILES string of the molecule is CCc1ccc(CN2C(=O)c3sccc3N3C(SCc4ccc(Cl)cc4)=NNC23)cc1. The number of carbonyl (C=O) groups excluding carboxylic acids is 1. The molecular formula is C23H21ClN4OS2. The van der Waals surface area contributed by atoms with Crippen molar-refractivity contribution in [2.45, 2.75) is 31.9 Å². The van der Waals surface area contributed by atoms with E-state index in [0.717, 1.165) is 38.5 Å². The first kappa shape index (κ1) is 20.4. The highest BCUT2D eigenvalue weighted by molar-refractivity contribution is 8.13. The molecule has 0 spiro atoms. The smallest absolute Gasteiger partial charge is 0.269 e. The highest BCUT2D eigenvalue weighted by atomic mass is 35.5. The Balaban J connectivity index is 1.38. The number of fused-ring (bicyclic) bond motifs is 3. The maximum absolute atomic E-state index is 13.3. The van der Waals surface area contributed by atoms with Gasteiger partial charge in [-0.3, -0.25) is 20.0 Å². The molecule has 8 heteroatoms. The van der Waals surface area contributed by atoms with Gasteiger partial charge in [-0.25, -0.2) is 0 Å². The van der Waals surface area contributed by atoms with Crippen molar-refractivity contribution in [2.24, 2.45) is 5.10 Å². The molecule has 3 aromatic rings. The van der Waals surface area contributed by atoms with Crippen LogP contribution in [0, 0.1) is 0 Å². The molecule has 0 bridgehead atoms. The molecule has 0 radical (unpaired) electrons. The van der Waals surface area contributed by atoms with Crippen molar-refractivity contribution in [3.05, 3.63) is 86.6 Å². The van der Waals surface area contributed by atoms with Crippen LogP contribution in [0.2, 0.25) is 5.02 Å². The zero-order valence-corrected chi connectivity index (χ0v) is 19.3. The Morgan fingerprint density at radius 2 is 1.77 bits per heavy atom. The Bertz CT molecular complexity index is 1130. The number of nitrogens with zero attached hydrogens (tertiary/aromatic N) is 3. The van der Waals surface area contributed by atoms with Crippen LogP contribution < -0.4 is 10.3 Å². The van der Waals surface area contributed by atoms with Gasteiger partial charge in [-0.15, -0.1) is 11.3 Å². The lowest BCUT2D eigenvalue weighted by atomic mass is 10.1. The molecule has 2 aromatic carbocycles. The third-order valence-electron chi connectivity index (χ3n) is 5.45. The Hall–Kier alpha value is -2.48. The summed E-state index contributed by atoms with van der Waals surface area (Å²) in [6.45, 7) is 2.67. The third-order valence-corrected chi connectivity index (χ3v) is 7.61. The number of carbonyl (C=O) groups is 1. The van der Waals surface area contributed by atoms with Crippen LogP contribution in [0.25, 0.3) is 0 Å². The van der Waals surface area contributed by atoms with E-state index in [1.165, 1.54) is 22.5 Å². The van der Waals surface area contributed by atoms with Gasteiger partial charge < -0.3 is 0 Å².